The van der Waals surface area contributed by atoms with Crippen LogP contribution in [0, 0.1) is 11.8 Å². The van der Waals surface area contributed by atoms with Gasteiger partial charge in [-0.15, -0.1) is 0 Å². The molecule has 0 radical (unpaired) electrons. The van der Waals surface area contributed by atoms with Gasteiger partial charge in [-0.25, -0.2) is 16.8 Å². The van der Waals surface area contributed by atoms with Gasteiger partial charge in [0, 0.05) is 11.8 Å². The standard InChI is InChI=1S/C18H17NO6S2/c1-12-13(2)18(21)19(17(12)20)14-8-10-16(11-9-14)27(24,25)26(22,23)15-6-4-3-5-7-15/h3-13H,1-2H3. The van der Waals surface area contributed by atoms with Crippen molar-refractivity contribution in [1.29, 1.82) is 0 Å². The van der Waals surface area contributed by atoms with Gasteiger partial charge >= 0.3 is 0 Å². The quantitative estimate of drug-likeness (QED) is 0.567. The van der Waals surface area contributed by atoms with E-state index < -0.39 is 34.5 Å². The van der Waals surface area contributed by atoms with Gasteiger partial charge < -0.3 is 0 Å². The molecule has 0 bridgehead atoms. The smallest absolute Gasteiger partial charge is 0.274 e. The molecule has 1 saturated heterocycles. The van der Waals surface area contributed by atoms with Crippen molar-refractivity contribution in [1.82, 2.24) is 0 Å². The van der Waals surface area contributed by atoms with Crippen LogP contribution in [-0.4, -0.2) is 28.6 Å². The molecule has 2 aromatic rings. The van der Waals surface area contributed by atoms with Crippen molar-refractivity contribution in [3.05, 3.63) is 54.6 Å². The zero-order valence-corrected chi connectivity index (χ0v) is 16.2. The van der Waals surface area contributed by atoms with Crippen molar-refractivity contribution < 1.29 is 26.4 Å². The Kier molecular flexibility index (Phi) is 4.69. The molecule has 1 aliphatic rings. The summed E-state index contributed by atoms with van der Waals surface area (Å²) in [5, 5.41) is 0. The van der Waals surface area contributed by atoms with Gasteiger partial charge in [-0.1, -0.05) is 32.0 Å². The highest BCUT2D eigenvalue weighted by atomic mass is 33.2. The minimum Gasteiger partial charge on any atom is -0.274 e. The summed E-state index contributed by atoms with van der Waals surface area (Å²) in [5.74, 6) is -1.70. The molecule has 2 atom stereocenters. The van der Waals surface area contributed by atoms with Crippen LogP contribution in [-0.2, 0) is 27.3 Å². The maximum Gasteiger partial charge on any atom is 0.286 e. The fraction of sp³-hybridized carbons (Fsp3) is 0.222. The first-order valence-corrected chi connectivity index (χ1v) is 11.6. The molecule has 3 rings (SSSR count). The van der Waals surface area contributed by atoms with Gasteiger partial charge in [0.1, 0.15) is 0 Å². The van der Waals surface area contributed by atoms with Gasteiger partial charge in [0.05, 0.1) is 15.5 Å². The molecule has 0 aromatic heterocycles. The maximum atomic E-state index is 12.6. The Bertz CT molecular complexity index is 1090. The molecule has 1 heterocycles. The summed E-state index contributed by atoms with van der Waals surface area (Å²) >= 11 is 0. The third-order valence-electron chi connectivity index (χ3n) is 4.67. The minimum absolute atomic E-state index is 0.206. The maximum absolute atomic E-state index is 12.6. The molecule has 0 aliphatic carbocycles. The van der Waals surface area contributed by atoms with Crippen LogP contribution in [0.15, 0.2) is 64.4 Å². The first kappa shape index (κ1) is 19.2. The molecule has 2 aromatic carbocycles. The molecule has 9 heteroatoms. The predicted molar refractivity (Wildman–Crippen MR) is 98.1 cm³/mol. The topological polar surface area (TPSA) is 106 Å². The van der Waals surface area contributed by atoms with E-state index in [-0.39, 0.29) is 22.4 Å². The summed E-state index contributed by atoms with van der Waals surface area (Å²) in [5.41, 5.74) is 0.206. The number of imide groups is 1. The van der Waals surface area contributed by atoms with E-state index in [2.05, 4.69) is 0 Å². The Labute approximate surface area is 156 Å². The predicted octanol–water partition coefficient (Wildman–Crippen LogP) is 1.99. The molecule has 27 heavy (non-hydrogen) atoms. The first-order chi connectivity index (χ1) is 12.6. The number of hydrogen-bond donors (Lipinski definition) is 0. The molecule has 0 N–H and O–H groups in total. The zero-order valence-electron chi connectivity index (χ0n) is 14.6. The number of benzene rings is 2. The van der Waals surface area contributed by atoms with E-state index in [4.69, 9.17) is 0 Å². The number of carbonyl (C=O) groups is 2. The molecule has 7 nitrogen and oxygen atoms in total. The Morgan fingerprint density at radius 3 is 1.52 bits per heavy atom. The number of amides is 2. The van der Waals surface area contributed by atoms with Crippen LogP contribution >= 0.6 is 0 Å². The number of nitrogens with zero attached hydrogens (tertiary/aromatic N) is 1. The number of rotatable bonds is 4. The molecule has 2 amide bonds. The van der Waals surface area contributed by atoms with Crippen molar-refractivity contribution in [3.63, 3.8) is 0 Å². The Balaban J connectivity index is 1.99. The van der Waals surface area contributed by atoms with E-state index in [1.165, 1.54) is 36.4 Å². The van der Waals surface area contributed by atoms with Crippen molar-refractivity contribution in [3.8, 4) is 0 Å². The average Bonchev–Trinajstić information content (AvgIpc) is 2.85. The lowest BCUT2D eigenvalue weighted by atomic mass is 10.00. The number of hydrogen-bond acceptors (Lipinski definition) is 6. The van der Waals surface area contributed by atoms with Gasteiger partial charge in [0.15, 0.2) is 0 Å². The van der Waals surface area contributed by atoms with E-state index in [1.54, 1.807) is 19.9 Å². The van der Waals surface area contributed by atoms with Gasteiger partial charge in [-0.2, -0.15) is 0 Å². The van der Waals surface area contributed by atoms with E-state index in [0.717, 1.165) is 17.0 Å². The van der Waals surface area contributed by atoms with Crippen LogP contribution in [0.1, 0.15) is 13.8 Å². The fourth-order valence-corrected chi connectivity index (χ4v) is 6.45. The van der Waals surface area contributed by atoms with Gasteiger partial charge in [-0.3, -0.25) is 14.5 Å². The molecule has 142 valence electrons. The third kappa shape index (κ3) is 2.96. The first-order valence-electron chi connectivity index (χ1n) is 8.12. The largest absolute Gasteiger partial charge is 0.286 e. The Hall–Kier alpha value is -2.52. The van der Waals surface area contributed by atoms with Crippen LogP contribution in [0.2, 0.25) is 0 Å². The molecule has 2 unspecified atom stereocenters. The zero-order chi connectivity index (χ0) is 20.0. The molecule has 1 fully saturated rings. The second-order valence-corrected chi connectivity index (χ2v) is 11.7. The summed E-state index contributed by atoms with van der Waals surface area (Å²) in [4.78, 5) is 24.7. The molecular weight excluding hydrogens is 390 g/mol. The van der Waals surface area contributed by atoms with Crippen LogP contribution in [0.5, 0.6) is 0 Å². The van der Waals surface area contributed by atoms with Crippen molar-refractivity contribution in [2.24, 2.45) is 11.8 Å². The van der Waals surface area contributed by atoms with Gasteiger partial charge in [0.25, 0.3) is 17.7 Å². The van der Waals surface area contributed by atoms with Crippen molar-refractivity contribution >= 4 is 35.2 Å². The minimum atomic E-state index is -4.70. The fourth-order valence-electron chi connectivity index (χ4n) is 2.80. The molecule has 0 saturated carbocycles. The third-order valence-corrected chi connectivity index (χ3v) is 9.84. The van der Waals surface area contributed by atoms with Gasteiger partial charge in [-0.05, 0) is 36.4 Å². The summed E-state index contributed by atoms with van der Waals surface area (Å²) in [6, 6.07) is 11.5. The van der Waals surface area contributed by atoms with Crippen molar-refractivity contribution in [2.45, 2.75) is 23.6 Å². The normalized spacial score (nSPS) is 20.9. The van der Waals surface area contributed by atoms with Crippen LogP contribution in [0.3, 0.4) is 0 Å². The number of carbonyl (C=O) groups excluding carboxylic acids is 2. The molecule has 0 spiro atoms. The SMILES string of the molecule is CC1C(=O)N(c2ccc(S(=O)(=O)S(=O)(=O)c3ccccc3)cc2)C(=O)C1C. The monoisotopic (exact) mass is 407 g/mol. The average molecular weight is 407 g/mol. The molecule has 1 aliphatic heterocycles. The van der Waals surface area contributed by atoms with Crippen LogP contribution < -0.4 is 4.90 Å². The van der Waals surface area contributed by atoms with E-state index in [1.807, 2.05) is 0 Å². The molecular formula is C18H17NO6S2. The van der Waals surface area contributed by atoms with Crippen LogP contribution in [0.4, 0.5) is 5.69 Å². The van der Waals surface area contributed by atoms with Gasteiger partial charge in [0.2, 0.25) is 11.8 Å². The highest BCUT2D eigenvalue weighted by Gasteiger charge is 2.43. The van der Waals surface area contributed by atoms with Crippen molar-refractivity contribution in [2.75, 3.05) is 4.90 Å². The summed E-state index contributed by atoms with van der Waals surface area (Å²) < 4.78 is 50.1. The summed E-state index contributed by atoms with van der Waals surface area (Å²) in [7, 11) is -9.33. The van der Waals surface area contributed by atoms with E-state index in [9.17, 15) is 26.4 Å². The summed E-state index contributed by atoms with van der Waals surface area (Å²) in [6.45, 7) is 3.30. The highest BCUT2D eigenvalue weighted by molar-refractivity contribution is 8.67. The Morgan fingerprint density at radius 1 is 0.667 bits per heavy atom. The second-order valence-electron chi connectivity index (χ2n) is 6.30. The van der Waals surface area contributed by atoms with E-state index in [0.29, 0.717) is 0 Å². The second kappa shape index (κ2) is 6.58. The number of anilines is 1. The van der Waals surface area contributed by atoms with Crippen LogP contribution in [0.25, 0.3) is 0 Å². The van der Waals surface area contributed by atoms with E-state index >= 15 is 0 Å². The lowest BCUT2D eigenvalue weighted by Gasteiger charge is -2.15. The summed E-state index contributed by atoms with van der Waals surface area (Å²) in [6.07, 6.45) is 0. The highest BCUT2D eigenvalue weighted by Crippen LogP contribution is 2.32. The lowest BCUT2D eigenvalue weighted by Crippen LogP contribution is -2.30. The Morgan fingerprint density at radius 2 is 1.07 bits per heavy atom. The lowest BCUT2D eigenvalue weighted by molar-refractivity contribution is -0.122.